The van der Waals surface area contributed by atoms with Crippen molar-refractivity contribution in [1.82, 2.24) is 20.3 Å². The van der Waals surface area contributed by atoms with Crippen molar-refractivity contribution in [3.8, 4) is 11.5 Å². The molecule has 1 atom stereocenters. The molecule has 1 aliphatic rings. The second kappa shape index (κ2) is 12.1. The Hall–Kier alpha value is -4.47. The Morgan fingerprint density at radius 3 is 2.52 bits per heavy atom. The fraction of sp³-hybridized carbons (Fsp3) is 0.333. The highest BCUT2D eigenvalue weighted by atomic mass is 19.1. The number of methoxy groups -OCH3 is 2. The Morgan fingerprint density at radius 1 is 1.02 bits per heavy atom. The summed E-state index contributed by atoms with van der Waals surface area (Å²) in [6.45, 7) is -0.263. The quantitative estimate of drug-likeness (QED) is 0.324. The van der Waals surface area contributed by atoms with Crippen LogP contribution in [0.3, 0.4) is 0 Å². The van der Waals surface area contributed by atoms with Crippen molar-refractivity contribution in [3.05, 3.63) is 78.1 Å². The Labute approximate surface area is 231 Å². The fourth-order valence-electron chi connectivity index (χ4n) is 5.27. The van der Waals surface area contributed by atoms with E-state index in [1.54, 1.807) is 36.4 Å². The minimum atomic E-state index is -1.23. The fourth-order valence-corrected chi connectivity index (χ4v) is 5.27. The molecular weight excluding hydrogens is 513 g/mol. The molecule has 1 fully saturated rings. The van der Waals surface area contributed by atoms with Crippen LogP contribution in [0.1, 0.15) is 43.7 Å². The molecule has 1 aliphatic carbocycles. The van der Waals surface area contributed by atoms with Crippen molar-refractivity contribution in [2.45, 2.75) is 50.7 Å². The highest BCUT2D eigenvalue weighted by Crippen LogP contribution is 2.37. The number of rotatable bonds is 9. The predicted molar refractivity (Wildman–Crippen MR) is 149 cm³/mol. The van der Waals surface area contributed by atoms with Gasteiger partial charge in [-0.25, -0.2) is 9.07 Å². The van der Waals surface area contributed by atoms with E-state index in [1.807, 2.05) is 12.1 Å². The molecule has 1 aromatic heterocycles. The molecule has 9 nitrogen and oxygen atoms in total. The summed E-state index contributed by atoms with van der Waals surface area (Å²) >= 11 is 0. The van der Waals surface area contributed by atoms with Crippen LogP contribution in [0.15, 0.2) is 66.7 Å². The van der Waals surface area contributed by atoms with Gasteiger partial charge in [-0.1, -0.05) is 48.7 Å². The van der Waals surface area contributed by atoms with Crippen molar-refractivity contribution in [1.29, 1.82) is 0 Å². The summed E-state index contributed by atoms with van der Waals surface area (Å²) in [5.41, 5.74) is 1.64. The summed E-state index contributed by atoms with van der Waals surface area (Å²) in [5, 5.41) is 11.4. The molecule has 0 bridgehead atoms. The molecule has 1 N–H and O–H groups in total. The molecule has 3 aromatic carbocycles. The topological polar surface area (TPSA) is 98.6 Å². The zero-order valence-corrected chi connectivity index (χ0v) is 22.5. The molecule has 1 heterocycles. The SMILES string of the molecule is COc1ccc([C@@H](C(=O)NC2CCCCC2)N(C(=O)Cn2nnc3ccccc32)c2ccccc2F)c(OC)c1. The number of halogens is 1. The molecular formula is C30H32FN5O4. The monoisotopic (exact) mass is 545 g/mol. The van der Waals surface area contributed by atoms with E-state index in [2.05, 4.69) is 15.6 Å². The number of fused-ring (bicyclic) bond motifs is 1. The minimum Gasteiger partial charge on any atom is -0.497 e. The third-order valence-corrected chi connectivity index (χ3v) is 7.28. The molecule has 0 radical (unpaired) electrons. The van der Waals surface area contributed by atoms with E-state index in [0.29, 0.717) is 28.1 Å². The highest BCUT2D eigenvalue weighted by Gasteiger charge is 2.37. The number of nitrogens with one attached hydrogen (secondary N) is 1. The van der Waals surface area contributed by atoms with Gasteiger partial charge in [0.2, 0.25) is 11.8 Å². The van der Waals surface area contributed by atoms with E-state index in [-0.39, 0.29) is 18.3 Å². The number of para-hydroxylation sites is 2. The number of carbonyl (C=O) groups excluding carboxylic acids is 2. The average Bonchev–Trinajstić information content (AvgIpc) is 3.39. The van der Waals surface area contributed by atoms with Gasteiger partial charge in [0, 0.05) is 17.7 Å². The summed E-state index contributed by atoms with van der Waals surface area (Å²) < 4.78 is 27.9. The van der Waals surface area contributed by atoms with Crippen LogP contribution < -0.4 is 19.7 Å². The lowest BCUT2D eigenvalue weighted by molar-refractivity contribution is -0.127. The number of aromatic nitrogens is 3. The molecule has 2 amide bonds. The van der Waals surface area contributed by atoms with Gasteiger partial charge in [-0.05, 0) is 49.2 Å². The lowest BCUT2D eigenvalue weighted by atomic mass is 9.94. The maximum Gasteiger partial charge on any atom is 0.249 e. The molecule has 40 heavy (non-hydrogen) atoms. The van der Waals surface area contributed by atoms with Gasteiger partial charge in [0.05, 0.1) is 25.4 Å². The summed E-state index contributed by atoms with van der Waals surface area (Å²) in [5.74, 6) is -0.742. The first-order valence-corrected chi connectivity index (χ1v) is 13.4. The maximum atomic E-state index is 15.4. The third-order valence-electron chi connectivity index (χ3n) is 7.28. The smallest absolute Gasteiger partial charge is 0.249 e. The first-order valence-electron chi connectivity index (χ1n) is 13.4. The molecule has 0 unspecified atom stereocenters. The van der Waals surface area contributed by atoms with Crippen LogP contribution in [0.5, 0.6) is 11.5 Å². The number of benzene rings is 3. The number of nitrogens with zero attached hydrogens (tertiary/aromatic N) is 4. The van der Waals surface area contributed by atoms with Crippen molar-refractivity contribution < 1.29 is 23.5 Å². The lowest BCUT2D eigenvalue weighted by Crippen LogP contribution is -2.48. The van der Waals surface area contributed by atoms with Crippen LogP contribution in [0.25, 0.3) is 11.0 Å². The predicted octanol–water partition coefficient (Wildman–Crippen LogP) is 4.81. The molecule has 0 saturated heterocycles. The first-order chi connectivity index (χ1) is 19.5. The lowest BCUT2D eigenvalue weighted by Gasteiger charge is -2.34. The van der Waals surface area contributed by atoms with Crippen molar-refractivity contribution in [2.24, 2.45) is 0 Å². The van der Waals surface area contributed by atoms with Gasteiger partial charge in [0.25, 0.3) is 0 Å². The van der Waals surface area contributed by atoms with Gasteiger partial charge in [-0.15, -0.1) is 5.10 Å². The molecule has 0 aliphatic heterocycles. The summed E-state index contributed by atoms with van der Waals surface area (Å²) in [6, 6.07) is 16.9. The van der Waals surface area contributed by atoms with Crippen LogP contribution in [0.2, 0.25) is 0 Å². The Kier molecular flexibility index (Phi) is 8.23. The number of hydrogen-bond donors (Lipinski definition) is 1. The van der Waals surface area contributed by atoms with Crippen LogP contribution in [0.4, 0.5) is 10.1 Å². The van der Waals surface area contributed by atoms with Crippen LogP contribution in [-0.4, -0.2) is 47.1 Å². The zero-order chi connectivity index (χ0) is 28.1. The van der Waals surface area contributed by atoms with Crippen molar-refractivity contribution >= 4 is 28.5 Å². The van der Waals surface area contributed by atoms with E-state index in [9.17, 15) is 9.59 Å². The van der Waals surface area contributed by atoms with Crippen LogP contribution in [0, 0.1) is 5.82 Å². The molecule has 10 heteroatoms. The molecule has 4 aromatic rings. The largest absolute Gasteiger partial charge is 0.497 e. The van der Waals surface area contributed by atoms with E-state index < -0.39 is 23.7 Å². The molecule has 208 valence electrons. The normalized spacial score (nSPS) is 14.5. The standard InChI is InChI=1S/C30H32FN5O4/c1-39-21-16-17-22(27(18-21)40-2)29(30(38)32-20-10-4-3-5-11-20)36(25-14-8-6-12-23(25)31)28(37)19-35-26-15-9-7-13-24(26)33-34-35/h6-9,12-18,20,29H,3-5,10-11,19H2,1-2H3,(H,32,38)/t29-/m0/s1. The van der Waals surface area contributed by atoms with E-state index in [4.69, 9.17) is 9.47 Å². The Balaban J connectivity index is 1.62. The highest BCUT2D eigenvalue weighted by molar-refractivity contribution is 6.02. The summed E-state index contributed by atoms with van der Waals surface area (Å²) in [7, 11) is 3.00. The molecule has 1 saturated carbocycles. The maximum absolute atomic E-state index is 15.4. The van der Waals surface area contributed by atoms with Gasteiger partial charge in [-0.2, -0.15) is 0 Å². The average molecular weight is 546 g/mol. The Morgan fingerprint density at radius 2 is 1.77 bits per heavy atom. The van der Waals surface area contributed by atoms with Gasteiger partial charge >= 0.3 is 0 Å². The number of anilines is 1. The number of hydrogen-bond acceptors (Lipinski definition) is 6. The van der Waals surface area contributed by atoms with Crippen LogP contribution in [-0.2, 0) is 16.1 Å². The molecule has 0 spiro atoms. The van der Waals surface area contributed by atoms with Gasteiger partial charge in [-0.3, -0.25) is 14.5 Å². The van der Waals surface area contributed by atoms with E-state index in [1.165, 1.54) is 42.0 Å². The number of carbonyl (C=O) groups is 2. The van der Waals surface area contributed by atoms with E-state index >= 15 is 4.39 Å². The number of ether oxygens (including phenoxy) is 2. The molecule has 5 rings (SSSR count). The van der Waals surface area contributed by atoms with Crippen LogP contribution >= 0.6 is 0 Å². The second-order valence-corrected chi connectivity index (χ2v) is 9.80. The first kappa shape index (κ1) is 27.1. The second-order valence-electron chi connectivity index (χ2n) is 9.80. The van der Waals surface area contributed by atoms with Gasteiger partial charge in [0.1, 0.15) is 35.4 Å². The minimum absolute atomic E-state index is 0.0291. The Bertz CT molecular complexity index is 1500. The van der Waals surface area contributed by atoms with Crippen molar-refractivity contribution in [3.63, 3.8) is 0 Å². The van der Waals surface area contributed by atoms with Crippen molar-refractivity contribution in [2.75, 3.05) is 19.1 Å². The summed E-state index contributed by atoms with van der Waals surface area (Å²) in [6.07, 6.45) is 4.83. The number of amides is 2. The third kappa shape index (κ3) is 5.61. The summed E-state index contributed by atoms with van der Waals surface area (Å²) in [4.78, 5) is 29.5. The van der Waals surface area contributed by atoms with Gasteiger partial charge in [0.15, 0.2) is 0 Å². The van der Waals surface area contributed by atoms with Gasteiger partial charge < -0.3 is 14.8 Å². The van der Waals surface area contributed by atoms with E-state index in [0.717, 1.165) is 32.1 Å². The zero-order valence-electron chi connectivity index (χ0n) is 22.5.